The third kappa shape index (κ3) is 3.41. The first-order valence-electron chi connectivity index (χ1n) is 6.35. The number of nitrogens with two attached hydrogens (primary N) is 2. The molecule has 0 saturated heterocycles. The van der Waals surface area contributed by atoms with E-state index >= 15 is 0 Å². The molecule has 2 unspecified atom stereocenters. The van der Waals surface area contributed by atoms with Crippen LogP contribution in [0.4, 0.5) is 0 Å². The van der Waals surface area contributed by atoms with Gasteiger partial charge in [0.25, 0.3) is 0 Å². The topological polar surface area (TPSA) is 82.0 Å². The number of aromatic nitrogens is 1. The Balaban J connectivity index is 1.85. The van der Waals surface area contributed by atoms with Crippen molar-refractivity contribution >= 4 is 29.3 Å². The van der Waals surface area contributed by atoms with Crippen molar-refractivity contribution in [2.45, 2.75) is 36.2 Å². The van der Waals surface area contributed by atoms with Crippen LogP contribution in [0.15, 0.2) is 23.4 Å². The first-order chi connectivity index (χ1) is 9.02. The molecule has 0 aliphatic heterocycles. The minimum Gasteiger partial charge on any atom is -0.368 e. The zero-order valence-electron chi connectivity index (χ0n) is 10.6. The molecule has 1 fully saturated rings. The molecule has 0 spiro atoms. The molecule has 104 valence electrons. The van der Waals surface area contributed by atoms with Gasteiger partial charge in [0.2, 0.25) is 5.91 Å². The highest BCUT2D eigenvalue weighted by Gasteiger charge is 2.43. The molecule has 1 saturated carbocycles. The second kappa shape index (κ2) is 6.11. The Hall–Kier alpha value is -0.780. The Morgan fingerprint density at radius 1 is 1.58 bits per heavy atom. The summed E-state index contributed by atoms with van der Waals surface area (Å²) >= 11 is 7.43. The number of nitrogens with zero attached hydrogens (tertiary/aromatic N) is 1. The van der Waals surface area contributed by atoms with Crippen molar-refractivity contribution in [1.29, 1.82) is 0 Å². The Morgan fingerprint density at radius 2 is 2.37 bits per heavy atom. The SMILES string of the molecule is NC(=O)C1(N)CCCC1CCSc1ccc(Cl)cn1. The maximum atomic E-state index is 11.5. The van der Waals surface area contributed by atoms with Crippen molar-refractivity contribution < 1.29 is 4.79 Å². The van der Waals surface area contributed by atoms with Gasteiger partial charge in [0.1, 0.15) is 0 Å². The van der Waals surface area contributed by atoms with E-state index in [0.29, 0.717) is 11.4 Å². The molecular weight excluding hydrogens is 282 g/mol. The van der Waals surface area contributed by atoms with Crippen LogP contribution in [0, 0.1) is 5.92 Å². The smallest absolute Gasteiger partial charge is 0.237 e. The number of carbonyl (C=O) groups excluding carboxylic acids is 1. The monoisotopic (exact) mass is 299 g/mol. The molecule has 0 aromatic carbocycles. The molecule has 1 aromatic heterocycles. The second-order valence-corrected chi connectivity index (χ2v) is 6.50. The molecule has 1 aromatic rings. The highest BCUT2D eigenvalue weighted by molar-refractivity contribution is 7.99. The maximum absolute atomic E-state index is 11.5. The largest absolute Gasteiger partial charge is 0.368 e. The van der Waals surface area contributed by atoms with Crippen LogP contribution in [-0.4, -0.2) is 22.2 Å². The van der Waals surface area contributed by atoms with E-state index in [1.54, 1.807) is 18.0 Å². The van der Waals surface area contributed by atoms with Crippen molar-refractivity contribution in [3.63, 3.8) is 0 Å². The first kappa shape index (κ1) is 14.6. The van der Waals surface area contributed by atoms with Gasteiger partial charge < -0.3 is 11.5 Å². The van der Waals surface area contributed by atoms with Crippen LogP contribution in [0.1, 0.15) is 25.7 Å². The summed E-state index contributed by atoms with van der Waals surface area (Å²) < 4.78 is 0. The highest BCUT2D eigenvalue weighted by Crippen LogP contribution is 2.37. The molecule has 6 heteroatoms. The van der Waals surface area contributed by atoms with Crippen LogP contribution < -0.4 is 11.5 Å². The summed E-state index contributed by atoms with van der Waals surface area (Å²) in [6, 6.07) is 3.72. The summed E-state index contributed by atoms with van der Waals surface area (Å²) in [4.78, 5) is 15.7. The van der Waals surface area contributed by atoms with Crippen molar-refractivity contribution in [1.82, 2.24) is 4.98 Å². The average Bonchev–Trinajstić information content (AvgIpc) is 2.75. The van der Waals surface area contributed by atoms with E-state index in [2.05, 4.69) is 4.98 Å². The number of halogens is 1. The van der Waals surface area contributed by atoms with Crippen LogP contribution in [0.2, 0.25) is 5.02 Å². The highest BCUT2D eigenvalue weighted by atomic mass is 35.5. The summed E-state index contributed by atoms with van der Waals surface area (Å²) in [5.41, 5.74) is 10.7. The van der Waals surface area contributed by atoms with Crippen molar-refractivity contribution in [3.05, 3.63) is 23.4 Å². The Morgan fingerprint density at radius 3 is 3.00 bits per heavy atom. The third-order valence-corrected chi connectivity index (χ3v) is 4.95. The predicted octanol–water partition coefficient (Wildman–Crippen LogP) is 2.20. The van der Waals surface area contributed by atoms with Crippen molar-refractivity contribution in [2.24, 2.45) is 17.4 Å². The summed E-state index contributed by atoms with van der Waals surface area (Å²) in [5, 5.41) is 1.57. The van der Waals surface area contributed by atoms with E-state index in [1.165, 1.54) is 0 Å². The quantitative estimate of drug-likeness (QED) is 0.817. The zero-order chi connectivity index (χ0) is 13.9. The normalized spacial score (nSPS) is 26.5. The van der Waals surface area contributed by atoms with Gasteiger partial charge >= 0.3 is 0 Å². The molecule has 0 bridgehead atoms. The lowest BCUT2D eigenvalue weighted by molar-refractivity contribution is -0.124. The fraction of sp³-hybridized carbons (Fsp3) is 0.538. The molecule has 1 heterocycles. The van der Waals surface area contributed by atoms with Gasteiger partial charge in [-0.2, -0.15) is 0 Å². The molecule has 1 amide bonds. The minimum absolute atomic E-state index is 0.185. The van der Waals surface area contributed by atoms with E-state index in [0.717, 1.165) is 30.0 Å². The van der Waals surface area contributed by atoms with Crippen LogP contribution in [0.25, 0.3) is 0 Å². The standard InChI is InChI=1S/C13H18ClN3OS/c14-10-3-4-11(17-8-10)19-7-5-9-2-1-6-13(9,16)12(15)18/h3-4,8-9H,1-2,5-7,16H2,(H2,15,18). The van der Waals surface area contributed by atoms with Crippen LogP contribution in [0.3, 0.4) is 0 Å². The number of rotatable bonds is 5. The minimum atomic E-state index is -0.812. The molecule has 2 atom stereocenters. The lowest BCUT2D eigenvalue weighted by Crippen LogP contribution is -2.54. The van der Waals surface area contributed by atoms with Gasteiger partial charge in [-0.1, -0.05) is 18.0 Å². The molecular formula is C13H18ClN3OS. The second-order valence-electron chi connectivity index (χ2n) is 4.95. The number of carbonyl (C=O) groups is 1. The van der Waals surface area contributed by atoms with E-state index in [1.807, 2.05) is 12.1 Å². The molecule has 1 aliphatic rings. The third-order valence-electron chi connectivity index (χ3n) is 3.75. The van der Waals surface area contributed by atoms with E-state index in [-0.39, 0.29) is 11.8 Å². The summed E-state index contributed by atoms with van der Waals surface area (Å²) in [7, 11) is 0. The predicted molar refractivity (Wildman–Crippen MR) is 78.0 cm³/mol. The number of pyridine rings is 1. The number of primary amides is 1. The molecule has 4 nitrogen and oxygen atoms in total. The average molecular weight is 300 g/mol. The van der Waals surface area contributed by atoms with Gasteiger partial charge in [0, 0.05) is 6.20 Å². The molecule has 0 radical (unpaired) electrons. The van der Waals surface area contributed by atoms with Crippen LogP contribution in [0.5, 0.6) is 0 Å². The molecule has 2 rings (SSSR count). The van der Waals surface area contributed by atoms with Crippen LogP contribution >= 0.6 is 23.4 Å². The fourth-order valence-electron chi connectivity index (χ4n) is 2.58. The maximum Gasteiger partial charge on any atom is 0.237 e. The van der Waals surface area contributed by atoms with Gasteiger partial charge in [-0.15, -0.1) is 11.8 Å². The number of amides is 1. The van der Waals surface area contributed by atoms with Gasteiger partial charge in [-0.25, -0.2) is 4.98 Å². The number of hydrogen-bond donors (Lipinski definition) is 2. The molecule has 1 aliphatic carbocycles. The lowest BCUT2D eigenvalue weighted by Gasteiger charge is -2.27. The number of hydrogen-bond acceptors (Lipinski definition) is 4. The van der Waals surface area contributed by atoms with E-state index in [9.17, 15) is 4.79 Å². The Kier molecular flexibility index (Phi) is 4.71. The van der Waals surface area contributed by atoms with Crippen molar-refractivity contribution in [3.8, 4) is 0 Å². The van der Waals surface area contributed by atoms with Gasteiger partial charge in [0.05, 0.1) is 15.6 Å². The number of thioether (sulfide) groups is 1. The van der Waals surface area contributed by atoms with Crippen LogP contribution in [-0.2, 0) is 4.79 Å². The molecule has 4 N–H and O–H groups in total. The summed E-state index contributed by atoms with van der Waals surface area (Å²) in [5.74, 6) is 0.695. The summed E-state index contributed by atoms with van der Waals surface area (Å²) in [6.07, 6.45) is 5.18. The fourth-order valence-corrected chi connectivity index (χ4v) is 3.60. The first-order valence-corrected chi connectivity index (χ1v) is 7.72. The van der Waals surface area contributed by atoms with E-state index < -0.39 is 5.54 Å². The molecule has 19 heavy (non-hydrogen) atoms. The van der Waals surface area contributed by atoms with E-state index in [4.69, 9.17) is 23.1 Å². The van der Waals surface area contributed by atoms with Gasteiger partial charge in [0.15, 0.2) is 0 Å². The zero-order valence-corrected chi connectivity index (χ0v) is 12.2. The van der Waals surface area contributed by atoms with Gasteiger partial charge in [-0.05, 0) is 43.1 Å². The Labute approximate surface area is 122 Å². The van der Waals surface area contributed by atoms with Crippen molar-refractivity contribution in [2.75, 3.05) is 5.75 Å². The summed E-state index contributed by atoms with van der Waals surface area (Å²) in [6.45, 7) is 0. The lowest BCUT2D eigenvalue weighted by atomic mass is 9.85. The Bertz CT molecular complexity index is 454. The van der Waals surface area contributed by atoms with Gasteiger partial charge in [-0.3, -0.25) is 4.79 Å².